The lowest BCUT2D eigenvalue weighted by molar-refractivity contribution is -0.135. The fourth-order valence-electron chi connectivity index (χ4n) is 2.98. The zero-order valence-corrected chi connectivity index (χ0v) is 16.7. The van der Waals surface area contributed by atoms with E-state index < -0.39 is 22.5 Å². The molecule has 0 heterocycles. The Bertz CT molecular complexity index is 1080. The summed E-state index contributed by atoms with van der Waals surface area (Å²) in [7, 11) is -4.11. The highest BCUT2D eigenvalue weighted by molar-refractivity contribution is 7.92. The van der Waals surface area contributed by atoms with E-state index in [-0.39, 0.29) is 4.90 Å². The Kier molecular flexibility index (Phi) is 6.19. The number of sulfonamides is 1. The summed E-state index contributed by atoms with van der Waals surface area (Å²) in [6.45, 7) is 1.60. The lowest BCUT2D eigenvalue weighted by Gasteiger charge is -2.25. The summed E-state index contributed by atoms with van der Waals surface area (Å²) in [4.78, 5) is 11.5. The van der Waals surface area contributed by atoms with Gasteiger partial charge in [0.15, 0.2) is 0 Å². The molecule has 0 aliphatic heterocycles. The Hall–Kier alpha value is -3.32. The summed E-state index contributed by atoms with van der Waals surface area (Å²) in [5.74, 6) is -0.705. The van der Waals surface area contributed by atoms with Gasteiger partial charge < -0.3 is 9.84 Å². The van der Waals surface area contributed by atoms with Gasteiger partial charge in [0, 0.05) is 5.56 Å². The third-order valence-electron chi connectivity index (χ3n) is 4.26. The molecule has 0 radical (unpaired) electrons. The monoisotopic (exact) mass is 411 g/mol. The number of nitrogens with zero attached hydrogens (tertiary/aromatic N) is 1. The number of carboxylic acids is 1. The lowest BCUT2D eigenvalue weighted by atomic mass is 10.0. The molecule has 6 nitrogen and oxygen atoms in total. The molecule has 1 N–H and O–H groups in total. The van der Waals surface area contributed by atoms with Crippen molar-refractivity contribution in [2.45, 2.75) is 11.8 Å². The number of ether oxygens (including phenoxy) is 1. The SMILES string of the molecule is CCOc1ccc(S(=O)(=O)N(CC(=O)O)c2ccccc2-c2ccccc2)cc1. The van der Waals surface area contributed by atoms with E-state index in [1.165, 1.54) is 12.1 Å². The maximum atomic E-state index is 13.3. The molecule has 0 aromatic heterocycles. The summed E-state index contributed by atoms with van der Waals surface area (Å²) in [6, 6.07) is 22.0. The van der Waals surface area contributed by atoms with E-state index in [0.29, 0.717) is 23.6 Å². The normalized spacial score (nSPS) is 11.1. The van der Waals surface area contributed by atoms with Gasteiger partial charge in [-0.1, -0.05) is 48.5 Å². The van der Waals surface area contributed by atoms with E-state index in [1.54, 1.807) is 36.4 Å². The van der Waals surface area contributed by atoms with Crippen LogP contribution >= 0.6 is 0 Å². The second kappa shape index (κ2) is 8.79. The van der Waals surface area contributed by atoms with E-state index in [4.69, 9.17) is 4.74 Å². The van der Waals surface area contributed by atoms with Crippen molar-refractivity contribution < 1.29 is 23.1 Å². The van der Waals surface area contributed by atoms with E-state index in [0.717, 1.165) is 9.87 Å². The van der Waals surface area contributed by atoms with E-state index in [2.05, 4.69) is 0 Å². The van der Waals surface area contributed by atoms with Gasteiger partial charge in [0.05, 0.1) is 17.2 Å². The van der Waals surface area contributed by atoms with Crippen LogP contribution in [0.4, 0.5) is 5.69 Å². The van der Waals surface area contributed by atoms with Crippen molar-refractivity contribution in [2.24, 2.45) is 0 Å². The van der Waals surface area contributed by atoms with Crippen LogP contribution in [-0.4, -0.2) is 32.6 Å². The van der Waals surface area contributed by atoms with E-state index in [9.17, 15) is 18.3 Å². The Morgan fingerprint density at radius 1 is 0.931 bits per heavy atom. The fraction of sp³-hybridized carbons (Fsp3) is 0.136. The lowest BCUT2D eigenvalue weighted by Crippen LogP contribution is -2.36. The van der Waals surface area contributed by atoms with E-state index in [1.807, 2.05) is 37.3 Å². The van der Waals surface area contributed by atoms with Crippen molar-refractivity contribution in [3.05, 3.63) is 78.9 Å². The first kappa shape index (κ1) is 20.4. The molecule has 0 fully saturated rings. The predicted molar refractivity (Wildman–Crippen MR) is 112 cm³/mol. The van der Waals surface area contributed by atoms with Gasteiger partial charge >= 0.3 is 5.97 Å². The molecule has 3 rings (SSSR count). The number of hydrogen-bond acceptors (Lipinski definition) is 4. The Morgan fingerprint density at radius 2 is 1.55 bits per heavy atom. The van der Waals surface area contributed by atoms with Crippen LogP contribution in [0.25, 0.3) is 11.1 Å². The van der Waals surface area contributed by atoms with E-state index >= 15 is 0 Å². The van der Waals surface area contributed by atoms with Crippen molar-refractivity contribution in [1.82, 2.24) is 0 Å². The standard InChI is InChI=1S/C22H21NO5S/c1-2-28-18-12-14-19(15-13-18)29(26,27)23(16-22(24)25)21-11-7-6-10-20(21)17-8-4-3-5-9-17/h3-15H,2,16H2,1H3,(H,24,25). The van der Waals surface area contributed by atoms with Crippen LogP contribution in [0.1, 0.15) is 6.92 Å². The van der Waals surface area contributed by atoms with Crippen molar-refractivity contribution in [3.8, 4) is 16.9 Å². The van der Waals surface area contributed by atoms with Crippen LogP contribution in [0, 0.1) is 0 Å². The van der Waals surface area contributed by atoms with Gasteiger partial charge in [-0.3, -0.25) is 9.10 Å². The summed E-state index contributed by atoms with van der Waals surface area (Å²) >= 11 is 0. The first-order chi connectivity index (χ1) is 13.9. The molecule has 0 saturated heterocycles. The maximum absolute atomic E-state index is 13.3. The van der Waals surface area contributed by atoms with Gasteiger partial charge in [0.2, 0.25) is 0 Å². The molecule has 7 heteroatoms. The Morgan fingerprint density at radius 3 is 2.17 bits per heavy atom. The zero-order valence-electron chi connectivity index (χ0n) is 15.9. The summed E-state index contributed by atoms with van der Waals surface area (Å²) in [5.41, 5.74) is 1.72. The maximum Gasteiger partial charge on any atom is 0.324 e. The Labute approximate surface area is 170 Å². The van der Waals surface area contributed by atoms with Gasteiger partial charge in [-0.05, 0) is 42.8 Å². The van der Waals surface area contributed by atoms with Crippen molar-refractivity contribution in [2.75, 3.05) is 17.5 Å². The molecule has 0 saturated carbocycles. The smallest absolute Gasteiger partial charge is 0.324 e. The van der Waals surface area contributed by atoms with Gasteiger partial charge in [-0.2, -0.15) is 0 Å². The molecule has 0 atom stereocenters. The minimum absolute atomic E-state index is 0.00920. The Balaban J connectivity index is 2.11. The number of carboxylic acid groups (broad SMARTS) is 1. The number of anilines is 1. The molecule has 0 aliphatic carbocycles. The van der Waals surface area contributed by atoms with Crippen molar-refractivity contribution in [1.29, 1.82) is 0 Å². The fourth-order valence-corrected chi connectivity index (χ4v) is 4.41. The molecule has 150 valence electrons. The molecule has 0 amide bonds. The quantitative estimate of drug-likeness (QED) is 0.605. The number of carbonyl (C=O) groups is 1. The predicted octanol–water partition coefficient (Wildman–Crippen LogP) is 4.03. The number of benzene rings is 3. The third-order valence-corrected chi connectivity index (χ3v) is 6.03. The van der Waals surface area contributed by atoms with Crippen LogP contribution in [0.15, 0.2) is 83.8 Å². The first-order valence-electron chi connectivity index (χ1n) is 9.05. The number of hydrogen-bond donors (Lipinski definition) is 1. The first-order valence-corrected chi connectivity index (χ1v) is 10.5. The second-order valence-electron chi connectivity index (χ2n) is 6.19. The molecule has 0 unspecified atom stereocenters. The van der Waals surface area contributed by atoms with Gasteiger partial charge in [0.1, 0.15) is 12.3 Å². The number of aliphatic carboxylic acids is 1. The highest BCUT2D eigenvalue weighted by Gasteiger charge is 2.29. The topological polar surface area (TPSA) is 83.9 Å². The average molecular weight is 411 g/mol. The minimum atomic E-state index is -4.11. The number of para-hydroxylation sites is 1. The molecular formula is C22H21NO5S. The second-order valence-corrected chi connectivity index (χ2v) is 8.06. The molecule has 29 heavy (non-hydrogen) atoms. The van der Waals surface area contributed by atoms with Crippen LogP contribution in [-0.2, 0) is 14.8 Å². The van der Waals surface area contributed by atoms with Crippen LogP contribution in [0.2, 0.25) is 0 Å². The summed E-state index contributed by atoms with van der Waals surface area (Å²) in [6.07, 6.45) is 0. The molecule has 3 aromatic rings. The van der Waals surface area contributed by atoms with Gasteiger partial charge in [0.25, 0.3) is 10.0 Å². The molecule has 0 aliphatic rings. The molecular weight excluding hydrogens is 390 g/mol. The minimum Gasteiger partial charge on any atom is -0.494 e. The summed E-state index contributed by atoms with van der Waals surface area (Å²) < 4.78 is 33.0. The van der Waals surface area contributed by atoms with Gasteiger partial charge in [-0.15, -0.1) is 0 Å². The zero-order chi connectivity index (χ0) is 20.9. The number of rotatable bonds is 8. The highest BCUT2D eigenvalue weighted by Crippen LogP contribution is 2.34. The molecule has 0 bridgehead atoms. The average Bonchev–Trinajstić information content (AvgIpc) is 2.73. The van der Waals surface area contributed by atoms with Crippen LogP contribution < -0.4 is 9.04 Å². The third kappa shape index (κ3) is 4.57. The van der Waals surface area contributed by atoms with Gasteiger partial charge in [-0.25, -0.2) is 8.42 Å². The van der Waals surface area contributed by atoms with Crippen LogP contribution in [0.5, 0.6) is 5.75 Å². The van der Waals surface area contributed by atoms with Crippen molar-refractivity contribution >= 4 is 21.7 Å². The molecule has 3 aromatic carbocycles. The van der Waals surface area contributed by atoms with Crippen LogP contribution in [0.3, 0.4) is 0 Å². The largest absolute Gasteiger partial charge is 0.494 e. The summed E-state index contributed by atoms with van der Waals surface area (Å²) in [5, 5.41) is 9.40. The van der Waals surface area contributed by atoms with Crippen molar-refractivity contribution in [3.63, 3.8) is 0 Å². The highest BCUT2D eigenvalue weighted by atomic mass is 32.2. The molecule has 0 spiro atoms.